The van der Waals surface area contributed by atoms with E-state index in [4.69, 9.17) is 17.2 Å². The van der Waals surface area contributed by atoms with Crippen LogP contribution in [0.25, 0.3) is 0 Å². The molecule has 0 radical (unpaired) electrons. The van der Waals surface area contributed by atoms with Gasteiger partial charge in [-0.15, -0.1) is 0 Å². The maximum absolute atomic E-state index is 14.1. The van der Waals surface area contributed by atoms with Gasteiger partial charge in [-0.2, -0.15) is 0 Å². The maximum Gasteiger partial charge on any atom is 0.328 e. The second kappa shape index (κ2) is 30.3. The van der Waals surface area contributed by atoms with Gasteiger partial charge in [-0.1, -0.05) is 56.3 Å². The van der Waals surface area contributed by atoms with Crippen molar-refractivity contribution in [2.45, 2.75) is 114 Å². The number of amides is 9. The number of aliphatic hydroxyl groups excluding tert-OH is 2. The molecule has 9 amide bonds. The Kier molecular flexibility index (Phi) is 25.5. The lowest BCUT2D eigenvalue weighted by atomic mass is 10.0. The summed E-state index contributed by atoms with van der Waals surface area (Å²) in [5.41, 5.74) is 17.8. The van der Waals surface area contributed by atoms with E-state index >= 15 is 0 Å². The Morgan fingerprint density at radius 3 is 1.61 bits per heavy atom. The van der Waals surface area contributed by atoms with Crippen LogP contribution in [0.1, 0.15) is 64.0 Å². The third kappa shape index (κ3) is 21.8. The molecular formula is C45H67N11O14. The predicted molar refractivity (Wildman–Crippen MR) is 250 cm³/mol. The highest BCUT2D eigenvalue weighted by molar-refractivity contribution is 5.97. The summed E-state index contributed by atoms with van der Waals surface area (Å²) in [6, 6.07) is 4.18. The van der Waals surface area contributed by atoms with Crippen LogP contribution in [0.15, 0.2) is 54.6 Å². The molecule has 0 bridgehead atoms. The van der Waals surface area contributed by atoms with Gasteiger partial charge >= 0.3 is 5.97 Å². The van der Waals surface area contributed by atoms with Crippen molar-refractivity contribution in [2.75, 3.05) is 26.2 Å². The Hall–Kier alpha value is -7.22. The Morgan fingerprint density at radius 1 is 0.600 bits per heavy atom. The molecule has 18 N–H and O–H groups in total. The Bertz CT molecular complexity index is 2090. The number of phenols is 1. The molecule has 0 aliphatic rings. The number of nitrogens with one attached hydrogen (secondary N) is 8. The number of hydrogen-bond donors (Lipinski definition) is 15. The van der Waals surface area contributed by atoms with E-state index in [9.17, 15) is 68.4 Å². The summed E-state index contributed by atoms with van der Waals surface area (Å²) in [5.74, 6) is -9.90. The Balaban J connectivity index is 2.30. The van der Waals surface area contributed by atoms with E-state index in [1.165, 1.54) is 24.3 Å². The Morgan fingerprint density at radius 2 is 1.09 bits per heavy atom. The van der Waals surface area contributed by atoms with E-state index in [0.717, 1.165) is 6.92 Å². The number of phenolic OH excluding ortho intramolecular Hbond substituents is 1. The second-order valence-electron chi connectivity index (χ2n) is 16.9. The van der Waals surface area contributed by atoms with Crippen molar-refractivity contribution in [3.8, 4) is 5.75 Å². The molecule has 2 aromatic carbocycles. The number of aliphatic carboxylic acids is 1. The van der Waals surface area contributed by atoms with Crippen molar-refractivity contribution in [1.29, 1.82) is 0 Å². The molecule has 2 aromatic rings. The third-order valence-electron chi connectivity index (χ3n) is 10.3. The van der Waals surface area contributed by atoms with Gasteiger partial charge in [-0.3, -0.25) is 43.2 Å². The zero-order valence-electron chi connectivity index (χ0n) is 39.3. The van der Waals surface area contributed by atoms with Crippen molar-refractivity contribution in [3.05, 3.63) is 65.7 Å². The quantitative estimate of drug-likeness (QED) is 0.0315. The average Bonchev–Trinajstić information content (AvgIpc) is 3.30. The van der Waals surface area contributed by atoms with Crippen LogP contribution in [0.2, 0.25) is 0 Å². The molecule has 8 atom stereocenters. The normalized spacial score (nSPS) is 14.4. The number of carboxylic acid groups (broad SMARTS) is 1. The second-order valence-corrected chi connectivity index (χ2v) is 16.9. The summed E-state index contributed by atoms with van der Waals surface area (Å²) in [5, 5.41) is 57.8. The van der Waals surface area contributed by atoms with Gasteiger partial charge in [0.25, 0.3) is 0 Å². The van der Waals surface area contributed by atoms with Crippen LogP contribution in [-0.4, -0.2) is 154 Å². The van der Waals surface area contributed by atoms with Gasteiger partial charge in [0.1, 0.15) is 36.0 Å². The van der Waals surface area contributed by atoms with Gasteiger partial charge in [-0.25, -0.2) is 4.79 Å². The number of rotatable bonds is 31. The first-order chi connectivity index (χ1) is 33.0. The number of carbonyl (C=O) groups excluding carboxylic acids is 9. The minimum atomic E-state index is -1.68. The van der Waals surface area contributed by atoms with Gasteiger partial charge in [-0.05, 0) is 68.3 Å². The highest BCUT2D eigenvalue weighted by atomic mass is 16.4. The maximum atomic E-state index is 14.1. The van der Waals surface area contributed by atoms with Crippen LogP contribution in [-0.2, 0) is 60.8 Å². The molecule has 0 heterocycles. The number of unbranched alkanes of at least 4 members (excludes halogenated alkanes) is 1. The largest absolute Gasteiger partial charge is 0.508 e. The fraction of sp³-hybridized carbons (Fsp3) is 0.511. The molecule has 25 heteroatoms. The van der Waals surface area contributed by atoms with Crippen LogP contribution in [0, 0.1) is 5.92 Å². The first-order valence-corrected chi connectivity index (χ1v) is 22.5. The van der Waals surface area contributed by atoms with Gasteiger partial charge in [0.2, 0.25) is 53.2 Å². The van der Waals surface area contributed by atoms with Crippen LogP contribution in [0.3, 0.4) is 0 Å². The fourth-order valence-corrected chi connectivity index (χ4v) is 6.64. The van der Waals surface area contributed by atoms with Gasteiger partial charge in [0, 0.05) is 12.8 Å². The summed E-state index contributed by atoms with van der Waals surface area (Å²) in [6.45, 7) is 2.39. The fourth-order valence-electron chi connectivity index (χ4n) is 6.64. The van der Waals surface area contributed by atoms with Crippen molar-refractivity contribution in [2.24, 2.45) is 23.1 Å². The molecular weight excluding hydrogens is 919 g/mol. The minimum Gasteiger partial charge on any atom is -0.508 e. The van der Waals surface area contributed by atoms with E-state index in [1.807, 2.05) is 5.32 Å². The molecule has 0 fully saturated rings. The first kappa shape index (κ1) is 58.9. The van der Waals surface area contributed by atoms with Gasteiger partial charge in [0.15, 0.2) is 6.04 Å². The van der Waals surface area contributed by atoms with E-state index in [0.29, 0.717) is 24.0 Å². The lowest BCUT2D eigenvalue weighted by molar-refractivity contribution is -0.144. The summed E-state index contributed by atoms with van der Waals surface area (Å²) >= 11 is 0. The molecule has 70 heavy (non-hydrogen) atoms. The number of benzene rings is 2. The van der Waals surface area contributed by atoms with Crippen LogP contribution < -0.4 is 59.7 Å². The molecule has 2 rings (SSSR count). The van der Waals surface area contributed by atoms with Crippen LogP contribution >= 0.6 is 0 Å². The highest BCUT2D eigenvalue weighted by Gasteiger charge is 2.33. The number of hydrogen-bond acceptors (Lipinski definition) is 15. The van der Waals surface area contributed by atoms with E-state index in [1.54, 1.807) is 44.2 Å². The number of carboxylic acids is 1. The molecule has 25 nitrogen and oxygen atoms in total. The lowest BCUT2D eigenvalue weighted by Crippen LogP contribution is -2.59. The number of nitrogens with two attached hydrogens (primary N) is 3. The summed E-state index contributed by atoms with van der Waals surface area (Å²) in [7, 11) is 0. The zero-order chi connectivity index (χ0) is 52.5. The molecule has 0 aromatic heterocycles. The van der Waals surface area contributed by atoms with Crippen molar-refractivity contribution >= 4 is 59.1 Å². The average molecular weight is 986 g/mol. The van der Waals surface area contributed by atoms with Crippen LogP contribution in [0.4, 0.5) is 0 Å². The molecule has 0 saturated carbocycles. The zero-order valence-corrected chi connectivity index (χ0v) is 39.3. The highest BCUT2D eigenvalue weighted by Crippen LogP contribution is 2.13. The summed E-state index contributed by atoms with van der Waals surface area (Å²) in [6.07, 6.45) is -1.45. The molecule has 0 aliphatic heterocycles. The molecule has 386 valence electrons. The summed E-state index contributed by atoms with van der Waals surface area (Å²) in [4.78, 5) is 129. The number of aromatic hydroxyl groups is 1. The van der Waals surface area contributed by atoms with E-state index in [-0.39, 0.29) is 43.9 Å². The van der Waals surface area contributed by atoms with Crippen molar-refractivity contribution in [1.82, 2.24) is 42.5 Å². The lowest BCUT2D eigenvalue weighted by Gasteiger charge is -2.27. The number of aliphatic hydroxyl groups is 2. The molecule has 0 spiro atoms. The standard InChI is InChI=1S/C45H67N11O14/c1-24(2)17-31(43(67)55-34(23-57)41(65)50-22-37(62)56-38(25(3)58)45(69)70)54-42(66)30(11-7-8-16-46)52-44(68)33(19-27-12-14-28(59)15-13-27)51-36(61)21-49-40(64)32(18-26-9-5-4-6-10-26)53-39(63)29(47)20-35(48)60/h4-6,9-10,12-15,24-25,29-34,38,57-59H,7-8,11,16-23,46-47H2,1-3H3,(H2,48,60)(H,49,64)(H,50,65)(H,51,61)(H,52,68)(H,53,63)(H,54,66)(H,55,67)(H,56,62)(H,69,70)/t25-,29+,30+,31+,32+,33+,34+,38+/m1/s1. The van der Waals surface area contributed by atoms with Crippen molar-refractivity contribution < 1.29 is 68.4 Å². The molecule has 0 unspecified atom stereocenters. The van der Waals surface area contributed by atoms with Gasteiger partial charge < -0.3 is 80.2 Å². The van der Waals surface area contributed by atoms with Crippen molar-refractivity contribution in [3.63, 3.8) is 0 Å². The number of primary amides is 1. The van der Waals surface area contributed by atoms with E-state index in [2.05, 4.69) is 37.2 Å². The monoisotopic (exact) mass is 985 g/mol. The SMILES string of the molecule is CC(C)C[C@H](NC(=O)[C@H](CCCCN)NC(=O)[C@H](Cc1ccc(O)cc1)NC(=O)CNC(=O)[C@H](Cc1ccccc1)NC(=O)[C@@H](N)CC(N)=O)C(=O)N[C@@H](CO)C(=O)NCC(=O)N[C@H](C(=O)O)[C@@H](C)O. The smallest absolute Gasteiger partial charge is 0.328 e. The first-order valence-electron chi connectivity index (χ1n) is 22.5. The predicted octanol–water partition coefficient (Wildman–Crippen LogP) is -4.85. The van der Waals surface area contributed by atoms with Gasteiger partial charge in [0.05, 0.1) is 38.3 Å². The molecule has 0 aliphatic carbocycles. The van der Waals surface area contributed by atoms with Crippen LogP contribution in [0.5, 0.6) is 5.75 Å². The Labute approximate surface area is 404 Å². The minimum absolute atomic E-state index is 0.000124. The number of carbonyl (C=O) groups is 10. The third-order valence-corrected chi connectivity index (χ3v) is 10.3. The summed E-state index contributed by atoms with van der Waals surface area (Å²) < 4.78 is 0. The van der Waals surface area contributed by atoms with E-state index < -0.39 is 134 Å². The molecule has 0 saturated heterocycles. The topological polar surface area (TPSA) is 426 Å².